The van der Waals surface area contributed by atoms with Gasteiger partial charge in [-0.2, -0.15) is 0 Å². The van der Waals surface area contributed by atoms with Crippen LogP contribution in [0.15, 0.2) is 54.6 Å². The van der Waals surface area contributed by atoms with Crippen molar-refractivity contribution in [2.75, 3.05) is 27.3 Å². The van der Waals surface area contributed by atoms with Gasteiger partial charge in [0, 0.05) is 37.4 Å². The fourth-order valence-electron chi connectivity index (χ4n) is 4.03. The van der Waals surface area contributed by atoms with Gasteiger partial charge in [-0.15, -0.1) is 0 Å². The molecule has 7 nitrogen and oxygen atoms in total. The molecule has 7 heteroatoms. The maximum Gasteiger partial charge on any atom is 0.254 e. The Kier molecular flexibility index (Phi) is 10.4. The standard InChI is InChI=1S/C31H36N2O5/c1-5-6-9-23-11-13-24(14-12-23)15-16-25-17-19-26(20-18-25)29(35)33(4)31(2,30(36)32-3)27(34)22-38-28-10-7-8-21-37-28/h6,9,11-14,17-20,28H,5,7-8,10,21-22H2,1-4H3,(H,32,36)/b9-6+/t28?,31-/m1/s1. The van der Waals surface area contributed by atoms with Crippen molar-refractivity contribution in [1.82, 2.24) is 10.2 Å². The lowest BCUT2D eigenvalue weighted by molar-refractivity contribution is -0.174. The first kappa shape index (κ1) is 28.8. The molecule has 0 saturated carbocycles. The molecule has 2 aromatic carbocycles. The van der Waals surface area contributed by atoms with Crippen LogP contribution in [0.3, 0.4) is 0 Å². The second-order valence-electron chi connectivity index (χ2n) is 9.31. The first-order valence-corrected chi connectivity index (χ1v) is 12.9. The number of likely N-dealkylation sites (N-methyl/N-ethyl adjacent to an activating group) is 2. The second kappa shape index (κ2) is 13.7. The summed E-state index contributed by atoms with van der Waals surface area (Å²) in [7, 11) is 2.87. The Bertz CT molecular complexity index is 1200. The Morgan fingerprint density at radius 2 is 1.71 bits per heavy atom. The fraction of sp³-hybridized carbons (Fsp3) is 0.387. The molecular weight excluding hydrogens is 480 g/mol. The molecule has 1 unspecified atom stereocenters. The summed E-state index contributed by atoms with van der Waals surface area (Å²) >= 11 is 0. The van der Waals surface area contributed by atoms with Crippen LogP contribution in [0.1, 0.15) is 66.6 Å². The van der Waals surface area contributed by atoms with E-state index in [9.17, 15) is 14.4 Å². The van der Waals surface area contributed by atoms with E-state index in [2.05, 4.69) is 36.2 Å². The average Bonchev–Trinajstić information content (AvgIpc) is 2.97. The van der Waals surface area contributed by atoms with Crippen LogP contribution in [-0.2, 0) is 19.1 Å². The van der Waals surface area contributed by atoms with Crippen molar-refractivity contribution in [3.63, 3.8) is 0 Å². The molecule has 0 aliphatic carbocycles. The normalized spacial score (nSPS) is 16.7. The topological polar surface area (TPSA) is 84.9 Å². The number of nitrogens with one attached hydrogen (secondary N) is 1. The van der Waals surface area contributed by atoms with Crippen LogP contribution in [0, 0.1) is 11.8 Å². The van der Waals surface area contributed by atoms with Crippen molar-refractivity contribution in [3.8, 4) is 11.8 Å². The van der Waals surface area contributed by atoms with E-state index in [4.69, 9.17) is 9.47 Å². The minimum Gasteiger partial charge on any atom is -0.357 e. The number of ketones is 1. The van der Waals surface area contributed by atoms with Crippen LogP contribution in [0.4, 0.5) is 0 Å². The summed E-state index contributed by atoms with van der Waals surface area (Å²) in [6.07, 6.45) is 7.28. The molecule has 2 aromatic rings. The summed E-state index contributed by atoms with van der Waals surface area (Å²) in [5.74, 6) is 4.65. The third kappa shape index (κ3) is 7.18. The van der Waals surface area contributed by atoms with Crippen LogP contribution in [0.5, 0.6) is 0 Å². The first-order valence-electron chi connectivity index (χ1n) is 12.9. The number of hydrogen-bond acceptors (Lipinski definition) is 5. The number of benzene rings is 2. The maximum atomic E-state index is 13.3. The van der Waals surface area contributed by atoms with Gasteiger partial charge >= 0.3 is 0 Å². The fourth-order valence-corrected chi connectivity index (χ4v) is 4.03. The quantitative estimate of drug-likeness (QED) is 0.399. The van der Waals surface area contributed by atoms with Gasteiger partial charge in [0.05, 0.1) is 0 Å². The molecule has 0 spiro atoms. The summed E-state index contributed by atoms with van der Waals surface area (Å²) in [6, 6.07) is 14.7. The van der Waals surface area contributed by atoms with Gasteiger partial charge in [-0.3, -0.25) is 14.4 Å². The molecule has 1 aliphatic rings. The predicted molar refractivity (Wildman–Crippen MR) is 147 cm³/mol. The molecule has 1 fully saturated rings. The molecule has 1 N–H and O–H groups in total. The molecule has 1 heterocycles. The molecule has 3 rings (SSSR count). The van der Waals surface area contributed by atoms with Crippen molar-refractivity contribution >= 4 is 23.7 Å². The maximum absolute atomic E-state index is 13.3. The number of amides is 2. The van der Waals surface area contributed by atoms with Gasteiger partial charge in [-0.25, -0.2) is 0 Å². The highest BCUT2D eigenvalue weighted by atomic mass is 16.7. The number of Topliss-reactive ketones (excluding diaryl/α,β-unsaturated/α-hetero) is 1. The van der Waals surface area contributed by atoms with Crippen molar-refractivity contribution in [3.05, 3.63) is 76.9 Å². The number of ether oxygens (including phenoxy) is 2. The summed E-state index contributed by atoms with van der Waals surface area (Å²) in [6.45, 7) is 3.76. The van der Waals surface area contributed by atoms with Crippen molar-refractivity contribution in [2.45, 2.75) is 51.4 Å². The van der Waals surface area contributed by atoms with Crippen LogP contribution >= 0.6 is 0 Å². The van der Waals surface area contributed by atoms with Crippen LogP contribution < -0.4 is 5.32 Å². The van der Waals surface area contributed by atoms with Gasteiger partial charge in [-0.05, 0) is 74.6 Å². The number of carbonyl (C=O) groups is 3. The van der Waals surface area contributed by atoms with Gasteiger partial charge in [-0.1, -0.05) is 43.0 Å². The van der Waals surface area contributed by atoms with E-state index in [1.807, 2.05) is 24.3 Å². The lowest BCUT2D eigenvalue weighted by atomic mass is 9.92. The lowest BCUT2D eigenvalue weighted by Crippen LogP contribution is -2.62. The Morgan fingerprint density at radius 1 is 1.08 bits per heavy atom. The highest BCUT2D eigenvalue weighted by molar-refractivity contribution is 6.14. The smallest absolute Gasteiger partial charge is 0.254 e. The lowest BCUT2D eigenvalue weighted by Gasteiger charge is -2.36. The van der Waals surface area contributed by atoms with E-state index in [1.54, 1.807) is 24.3 Å². The Morgan fingerprint density at radius 3 is 2.26 bits per heavy atom. The minimum atomic E-state index is -1.75. The van der Waals surface area contributed by atoms with Gasteiger partial charge in [0.1, 0.15) is 6.61 Å². The van der Waals surface area contributed by atoms with E-state index in [1.165, 1.54) is 21.0 Å². The first-order chi connectivity index (χ1) is 18.3. The highest BCUT2D eigenvalue weighted by Gasteiger charge is 2.46. The number of nitrogens with zero attached hydrogens (tertiary/aromatic N) is 1. The predicted octanol–water partition coefficient (Wildman–Crippen LogP) is 4.20. The van der Waals surface area contributed by atoms with E-state index in [0.29, 0.717) is 18.6 Å². The summed E-state index contributed by atoms with van der Waals surface area (Å²) in [5, 5.41) is 2.50. The third-order valence-corrected chi connectivity index (χ3v) is 6.67. The van der Waals surface area contributed by atoms with E-state index in [0.717, 1.165) is 40.9 Å². The number of rotatable bonds is 9. The summed E-state index contributed by atoms with van der Waals surface area (Å²) in [4.78, 5) is 40.5. The second-order valence-corrected chi connectivity index (χ2v) is 9.31. The van der Waals surface area contributed by atoms with Gasteiger partial charge in [0.15, 0.2) is 17.6 Å². The molecule has 0 radical (unpaired) electrons. The Labute approximate surface area is 225 Å². The largest absolute Gasteiger partial charge is 0.357 e. The van der Waals surface area contributed by atoms with Crippen LogP contribution in [0.2, 0.25) is 0 Å². The van der Waals surface area contributed by atoms with Crippen LogP contribution in [-0.4, -0.2) is 61.6 Å². The van der Waals surface area contributed by atoms with Crippen molar-refractivity contribution in [2.24, 2.45) is 0 Å². The molecular formula is C31H36N2O5. The molecule has 2 amide bonds. The van der Waals surface area contributed by atoms with E-state index < -0.39 is 29.4 Å². The molecule has 2 atom stereocenters. The SMILES string of the molecule is CC/C=C/c1ccc(C#Cc2ccc(C(=O)N(C)[C@](C)(C(=O)COC3CCCCO3)C(=O)NC)cc2)cc1. The number of allylic oxidation sites excluding steroid dienone is 1. The molecule has 38 heavy (non-hydrogen) atoms. The summed E-state index contributed by atoms with van der Waals surface area (Å²) < 4.78 is 11.1. The van der Waals surface area contributed by atoms with Crippen LogP contribution in [0.25, 0.3) is 6.08 Å². The highest BCUT2D eigenvalue weighted by Crippen LogP contribution is 2.21. The Hall–Kier alpha value is -3.73. The zero-order valence-electron chi connectivity index (χ0n) is 22.6. The van der Waals surface area contributed by atoms with Gasteiger partial charge in [0.25, 0.3) is 11.8 Å². The number of hydrogen-bond donors (Lipinski definition) is 1. The monoisotopic (exact) mass is 516 g/mol. The van der Waals surface area contributed by atoms with Gasteiger partial charge in [0.2, 0.25) is 0 Å². The number of carbonyl (C=O) groups excluding carboxylic acids is 3. The van der Waals surface area contributed by atoms with E-state index in [-0.39, 0.29) is 6.61 Å². The average molecular weight is 517 g/mol. The van der Waals surface area contributed by atoms with Crippen molar-refractivity contribution in [1.29, 1.82) is 0 Å². The zero-order valence-corrected chi connectivity index (χ0v) is 22.6. The molecule has 1 saturated heterocycles. The molecule has 0 aromatic heterocycles. The molecule has 0 bridgehead atoms. The van der Waals surface area contributed by atoms with Gasteiger partial charge < -0.3 is 19.7 Å². The molecule has 200 valence electrons. The molecule has 1 aliphatic heterocycles. The zero-order chi connectivity index (χ0) is 27.5. The third-order valence-electron chi connectivity index (χ3n) is 6.67. The Balaban J connectivity index is 1.70. The summed E-state index contributed by atoms with van der Waals surface area (Å²) in [5.41, 5.74) is 1.34. The van der Waals surface area contributed by atoms with Crippen molar-refractivity contribution < 1.29 is 23.9 Å². The minimum absolute atomic E-state index is 0.337. The van der Waals surface area contributed by atoms with E-state index >= 15 is 0 Å².